The van der Waals surface area contributed by atoms with Crippen LogP contribution in [0.25, 0.3) is 0 Å². The van der Waals surface area contributed by atoms with Crippen LogP contribution in [0.2, 0.25) is 0 Å². The van der Waals surface area contributed by atoms with Crippen LogP contribution in [0.15, 0.2) is 72.8 Å². The highest BCUT2D eigenvalue weighted by molar-refractivity contribution is 7.92. The Bertz CT molecular complexity index is 1340. The number of hydrogen-bond donors (Lipinski definition) is 2. The molecule has 3 rings (SSSR count). The van der Waals surface area contributed by atoms with Gasteiger partial charge in [0.05, 0.1) is 29.2 Å². The fraction of sp³-hybridized carbons (Fsp3) is 0.286. The molecular weight excluding hydrogens is 474 g/mol. The van der Waals surface area contributed by atoms with Gasteiger partial charge < -0.3 is 10.6 Å². The van der Waals surface area contributed by atoms with Gasteiger partial charge in [-0.05, 0) is 68.1 Å². The Morgan fingerprint density at radius 3 is 2.17 bits per heavy atom. The van der Waals surface area contributed by atoms with Gasteiger partial charge in [0.25, 0.3) is 5.91 Å². The first-order chi connectivity index (χ1) is 17.0. The van der Waals surface area contributed by atoms with Crippen molar-refractivity contribution in [2.75, 3.05) is 15.9 Å². The summed E-state index contributed by atoms with van der Waals surface area (Å²) >= 11 is 0. The van der Waals surface area contributed by atoms with Crippen LogP contribution in [0.3, 0.4) is 0 Å². The molecule has 0 unspecified atom stereocenters. The van der Waals surface area contributed by atoms with Gasteiger partial charge in [-0.1, -0.05) is 55.5 Å². The van der Waals surface area contributed by atoms with Crippen LogP contribution in [0.5, 0.6) is 0 Å². The second-order valence-electron chi connectivity index (χ2n) is 8.89. The zero-order chi connectivity index (χ0) is 26.5. The summed E-state index contributed by atoms with van der Waals surface area (Å²) in [5.41, 5.74) is 3.93. The van der Waals surface area contributed by atoms with E-state index in [0.29, 0.717) is 16.9 Å². The van der Waals surface area contributed by atoms with Gasteiger partial charge in [-0.2, -0.15) is 0 Å². The van der Waals surface area contributed by atoms with Crippen LogP contribution in [-0.2, 0) is 14.8 Å². The third kappa shape index (κ3) is 6.31. The Kier molecular flexibility index (Phi) is 8.53. The number of rotatable bonds is 9. The number of hydrogen-bond acceptors (Lipinski definition) is 4. The molecule has 3 aromatic carbocycles. The molecule has 0 radical (unpaired) electrons. The average molecular weight is 508 g/mol. The van der Waals surface area contributed by atoms with E-state index in [1.54, 1.807) is 43.3 Å². The van der Waals surface area contributed by atoms with Crippen LogP contribution in [0.4, 0.5) is 11.4 Å². The summed E-state index contributed by atoms with van der Waals surface area (Å²) in [6.07, 6.45) is 1.33. The molecule has 3 aromatic rings. The summed E-state index contributed by atoms with van der Waals surface area (Å²) in [4.78, 5) is 26.5. The van der Waals surface area contributed by atoms with E-state index >= 15 is 0 Å². The number of carbonyl (C=O) groups excluding carboxylic acids is 2. The highest BCUT2D eigenvalue weighted by atomic mass is 32.2. The topological polar surface area (TPSA) is 95.6 Å². The molecule has 0 saturated carbocycles. The van der Waals surface area contributed by atoms with Crippen LogP contribution >= 0.6 is 0 Å². The van der Waals surface area contributed by atoms with E-state index < -0.39 is 22.0 Å². The number of benzene rings is 3. The minimum Gasteiger partial charge on any atom is -0.345 e. The quantitative estimate of drug-likeness (QED) is 0.427. The zero-order valence-electron chi connectivity index (χ0n) is 21.3. The van der Waals surface area contributed by atoms with Crippen LogP contribution in [0.1, 0.15) is 53.4 Å². The van der Waals surface area contributed by atoms with Gasteiger partial charge in [0, 0.05) is 0 Å². The second-order valence-corrected chi connectivity index (χ2v) is 10.8. The second kappa shape index (κ2) is 11.4. The molecular formula is C28H33N3O4S. The van der Waals surface area contributed by atoms with E-state index in [0.717, 1.165) is 27.3 Å². The van der Waals surface area contributed by atoms with Crippen molar-refractivity contribution in [3.63, 3.8) is 0 Å². The maximum atomic E-state index is 13.4. The molecule has 0 aliphatic heterocycles. The molecule has 0 spiro atoms. The maximum absolute atomic E-state index is 13.4. The molecule has 0 heterocycles. The van der Waals surface area contributed by atoms with Crippen molar-refractivity contribution >= 4 is 33.2 Å². The average Bonchev–Trinajstić information content (AvgIpc) is 2.84. The largest absolute Gasteiger partial charge is 0.345 e. The summed E-state index contributed by atoms with van der Waals surface area (Å²) in [6.45, 7) is 7.47. The van der Waals surface area contributed by atoms with Crippen molar-refractivity contribution in [1.82, 2.24) is 5.32 Å². The molecule has 7 nitrogen and oxygen atoms in total. The first kappa shape index (κ1) is 26.9. The van der Waals surface area contributed by atoms with Crippen molar-refractivity contribution in [2.24, 2.45) is 0 Å². The Hall–Kier alpha value is -3.65. The van der Waals surface area contributed by atoms with Gasteiger partial charge in [-0.15, -0.1) is 0 Å². The molecule has 190 valence electrons. The molecule has 2 N–H and O–H groups in total. The van der Waals surface area contributed by atoms with E-state index in [1.165, 1.54) is 0 Å². The van der Waals surface area contributed by atoms with Crippen LogP contribution in [-0.4, -0.2) is 32.5 Å². The van der Waals surface area contributed by atoms with E-state index in [4.69, 9.17) is 0 Å². The lowest BCUT2D eigenvalue weighted by molar-refractivity contribution is -0.117. The first-order valence-electron chi connectivity index (χ1n) is 11.8. The standard InChI is InChI=1S/C28H33N3O4S/c1-6-26(31(36(5,34)35)23-17-16-19(2)20(3)18-23)28(33)30-25-15-11-10-14-24(25)27(32)29-21(4)22-12-8-7-9-13-22/h7-18,21,26H,6H2,1-5H3,(H,29,32)(H,30,33)/t21-,26-/m1/s1. The lowest BCUT2D eigenvalue weighted by atomic mass is 10.1. The number of amides is 2. The molecule has 0 bridgehead atoms. The van der Waals surface area contributed by atoms with Crippen molar-refractivity contribution in [1.29, 1.82) is 0 Å². The van der Waals surface area contributed by atoms with E-state index in [-0.39, 0.29) is 18.4 Å². The molecule has 0 aliphatic rings. The van der Waals surface area contributed by atoms with E-state index in [2.05, 4.69) is 10.6 Å². The third-order valence-electron chi connectivity index (χ3n) is 6.15. The van der Waals surface area contributed by atoms with Crippen molar-refractivity contribution in [2.45, 2.75) is 46.2 Å². The summed E-state index contributed by atoms with van der Waals surface area (Å²) in [5.74, 6) is -0.859. The molecule has 8 heteroatoms. The van der Waals surface area contributed by atoms with Gasteiger partial charge >= 0.3 is 0 Å². The molecule has 36 heavy (non-hydrogen) atoms. The minimum absolute atomic E-state index is 0.239. The molecule has 0 aromatic heterocycles. The fourth-order valence-corrected chi connectivity index (χ4v) is 5.23. The zero-order valence-corrected chi connectivity index (χ0v) is 22.1. The summed E-state index contributed by atoms with van der Waals surface area (Å²) < 4.78 is 26.7. The molecule has 0 fully saturated rings. The molecule has 2 atom stereocenters. The predicted octanol–water partition coefficient (Wildman–Crippen LogP) is 4.98. The van der Waals surface area contributed by atoms with E-state index in [1.807, 2.05) is 57.2 Å². The van der Waals surface area contributed by atoms with Gasteiger partial charge in [0.2, 0.25) is 15.9 Å². The van der Waals surface area contributed by atoms with Crippen LogP contribution < -0.4 is 14.9 Å². The third-order valence-corrected chi connectivity index (χ3v) is 7.33. The predicted molar refractivity (Wildman–Crippen MR) is 145 cm³/mol. The lowest BCUT2D eigenvalue weighted by Crippen LogP contribution is -2.47. The molecule has 2 amide bonds. The SMILES string of the molecule is CC[C@H](C(=O)Nc1ccccc1C(=O)N[C@H](C)c1ccccc1)N(c1ccc(C)c(C)c1)S(C)(=O)=O. The number of sulfonamides is 1. The monoisotopic (exact) mass is 507 g/mol. The number of para-hydroxylation sites is 1. The Morgan fingerprint density at radius 2 is 1.56 bits per heavy atom. The smallest absolute Gasteiger partial charge is 0.253 e. The normalized spacial score (nSPS) is 12.9. The van der Waals surface area contributed by atoms with E-state index in [9.17, 15) is 18.0 Å². The van der Waals surface area contributed by atoms with Gasteiger partial charge in [-0.3, -0.25) is 13.9 Å². The van der Waals surface area contributed by atoms with Crippen molar-refractivity contribution in [3.05, 3.63) is 95.1 Å². The molecule has 0 saturated heterocycles. The fourth-order valence-electron chi connectivity index (χ4n) is 4.03. The van der Waals surface area contributed by atoms with Crippen molar-refractivity contribution in [3.8, 4) is 0 Å². The number of anilines is 2. The highest BCUT2D eigenvalue weighted by Crippen LogP contribution is 2.26. The van der Waals surface area contributed by atoms with Crippen LogP contribution in [0, 0.1) is 13.8 Å². The van der Waals surface area contributed by atoms with Gasteiger partial charge in [0.1, 0.15) is 6.04 Å². The maximum Gasteiger partial charge on any atom is 0.253 e. The Balaban J connectivity index is 1.88. The highest BCUT2D eigenvalue weighted by Gasteiger charge is 2.32. The first-order valence-corrected chi connectivity index (χ1v) is 13.7. The van der Waals surface area contributed by atoms with Gasteiger partial charge in [-0.25, -0.2) is 8.42 Å². The summed E-state index contributed by atoms with van der Waals surface area (Å²) in [5, 5.41) is 5.76. The Morgan fingerprint density at radius 1 is 0.917 bits per heavy atom. The number of nitrogens with zero attached hydrogens (tertiary/aromatic N) is 1. The summed E-state index contributed by atoms with van der Waals surface area (Å²) in [7, 11) is -3.78. The number of carbonyl (C=O) groups is 2. The van der Waals surface area contributed by atoms with Crippen molar-refractivity contribution < 1.29 is 18.0 Å². The lowest BCUT2D eigenvalue weighted by Gasteiger charge is -2.30. The number of nitrogens with one attached hydrogen (secondary N) is 2. The Labute approximate surface area is 213 Å². The molecule has 0 aliphatic carbocycles. The number of aryl methyl sites for hydroxylation is 2. The summed E-state index contributed by atoms with van der Waals surface area (Å²) in [6, 6.07) is 20.3. The minimum atomic E-state index is -3.78. The van der Waals surface area contributed by atoms with Gasteiger partial charge in [0.15, 0.2) is 0 Å².